The molecule has 0 aliphatic heterocycles. The number of hydrogen-bond donors (Lipinski definition) is 1. The van der Waals surface area contributed by atoms with Crippen LogP contribution in [0.1, 0.15) is 18.8 Å². The van der Waals surface area contributed by atoms with Crippen LogP contribution in [0.3, 0.4) is 0 Å². The molecule has 1 heterocycles. The zero-order chi connectivity index (χ0) is 9.42. The van der Waals surface area contributed by atoms with Gasteiger partial charge in [0.15, 0.2) is 0 Å². The zero-order valence-electron chi connectivity index (χ0n) is 7.12. The summed E-state index contributed by atoms with van der Waals surface area (Å²) in [5.74, 6) is 0.125. The molecule has 1 unspecified atom stereocenters. The van der Waals surface area contributed by atoms with E-state index in [4.69, 9.17) is 4.42 Å². The third-order valence-electron chi connectivity index (χ3n) is 1.91. The molecule has 0 spiro atoms. The van der Waals surface area contributed by atoms with Crippen molar-refractivity contribution >= 4 is 11.0 Å². The second kappa shape index (κ2) is 2.85. The largest absolute Gasteiger partial charge is 0.458 e. The third kappa shape index (κ3) is 1.42. The molecule has 1 atom stereocenters. The molecule has 1 aromatic heterocycles. The second-order valence-electron chi connectivity index (χ2n) is 3.01. The van der Waals surface area contributed by atoms with Crippen molar-refractivity contribution < 1.29 is 13.9 Å². The first-order valence-corrected chi connectivity index (χ1v) is 4.04. The molecule has 68 valence electrons. The van der Waals surface area contributed by atoms with Crippen LogP contribution in [0.15, 0.2) is 28.7 Å². The average molecular weight is 180 g/mol. The Labute approximate surface area is 74.6 Å². The molecule has 2 rings (SSSR count). The third-order valence-corrected chi connectivity index (χ3v) is 1.91. The molecular weight excluding hydrogens is 171 g/mol. The number of hydrogen-bond acceptors (Lipinski definition) is 2. The Hall–Kier alpha value is -1.35. The summed E-state index contributed by atoms with van der Waals surface area (Å²) in [6.07, 6.45) is -0.657. The highest BCUT2D eigenvalue weighted by Gasteiger charge is 2.08. The summed E-state index contributed by atoms with van der Waals surface area (Å²) in [6, 6.07) is 6.00. The molecule has 0 aliphatic rings. The minimum Gasteiger partial charge on any atom is -0.458 e. The van der Waals surface area contributed by atoms with Crippen molar-refractivity contribution in [3.63, 3.8) is 0 Å². The van der Waals surface area contributed by atoms with E-state index in [9.17, 15) is 9.50 Å². The standard InChI is InChI=1S/C10H9FO2/c1-6(12)9-4-7-2-3-8(11)5-10(7)13-9/h2-6,12H,1H3. The van der Waals surface area contributed by atoms with Crippen LogP contribution < -0.4 is 0 Å². The number of aliphatic hydroxyl groups excluding tert-OH is 1. The molecule has 3 heteroatoms. The molecule has 0 bridgehead atoms. The van der Waals surface area contributed by atoms with Gasteiger partial charge in [-0.3, -0.25) is 0 Å². The van der Waals surface area contributed by atoms with E-state index in [2.05, 4.69) is 0 Å². The summed E-state index contributed by atoms with van der Waals surface area (Å²) in [6.45, 7) is 1.61. The van der Waals surface area contributed by atoms with Crippen LogP contribution in [-0.4, -0.2) is 5.11 Å². The summed E-state index contributed by atoms with van der Waals surface area (Å²) < 4.78 is 17.9. The Morgan fingerprint density at radius 2 is 2.15 bits per heavy atom. The quantitative estimate of drug-likeness (QED) is 0.731. The van der Waals surface area contributed by atoms with E-state index < -0.39 is 6.10 Å². The minimum absolute atomic E-state index is 0.334. The van der Waals surface area contributed by atoms with Crippen molar-refractivity contribution in [1.29, 1.82) is 0 Å². The Bertz CT molecular complexity index is 431. The lowest BCUT2D eigenvalue weighted by atomic mass is 10.2. The van der Waals surface area contributed by atoms with Crippen LogP contribution in [0.5, 0.6) is 0 Å². The molecule has 0 amide bonds. The molecule has 0 saturated heterocycles. The van der Waals surface area contributed by atoms with Gasteiger partial charge in [-0.25, -0.2) is 4.39 Å². The molecule has 1 N–H and O–H groups in total. The molecule has 2 aromatic rings. The van der Waals surface area contributed by atoms with Crippen LogP contribution in [0.2, 0.25) is 0 Å². The maximum Gasteiger partial charge on any atom is 0.137 e. The minimum atomic E-state index is -0.657. The van der Waals surface area contributed by atoms with Gasteiger partial charge in [0.1, 0.15) is 23.3 Å². The maximum atomic E-state index is 12.7. The summed E-state index contributed by atoms with van der Waals surface area (Å²) in [7, 11) is 0. The smallest absolute Gasteiger partial charge is 0.137 e. The monoisotopic (exact) mass is 180 g/mol. The highest BCUT2D eigenvalue weighted by Crippen LogP contribution is 2.24. The van der Waals surface area contributed by atoms with Gasteiger partial charge >= 0.3 is 0 Å². The fourth-order valence-corrected chi connectivity index (χ4v) is 1.23. The zero-order valence-corrected chi connectivity index (χ0v) is 7.12. The van der Waals surface area contributed by atoms with Crippen LogP contribution in [0.4, 0.5) is 4.39 Å². The Morgan fingerprint density at radius 1 is 1.38 bits per heavy atom. The van der Waals surface area contributed by atoms with Gasteiger partial charge in [-0.2, -0.15) is 0 Å². The number of fused-ring (bicyclic) bond motifs is 1. The van der Waals surface area contributed by atoms with Gasteiger partial charge in [-0.05, 0) is 25.1 Å². The molecule has 0 saturated carbocycles. The van der Waals surface area contributed by atoms with Gasteiger partial charge in [0, 0.05) is 11.5 Å². The predicted molar refractivity (Wildman–Crippen MR) is 46.8 cm³/mol. The Balaban J connectivity index is 2.62. The van der Waals surface area contributed by atoms with Gasteiger partial charge in [-0.15, -0.1) is 0 Å². The van der Waals surface area contributed by atoms with E-state index in [1.165, 1.54) is 12.1 Å². The molecule has 0 aliphatic carbocycles. The first-order chi connectivity index (χ1) is 6.16. The van der Waals surface area contributed by atoms with Crippen molar-refractivity contribution in [1.82, 2.24) is 0 Å². The maximum absolute atomic E-state index is 12.7. The highest BCUT2D eigenvalue weighted by molar-refractivity contribution is 5.77. The lowest BCUT2D eigenvalue weighted by Gasteiger charge is -1.95. The van der Waals surface area contributed by atoms with E-state index in [-0.39, 0.29) is 5.82 Å². The lowest BCUT2D eigenvalue weighted by molar-refractivity contribution is 0.172. The first kappa shape index (κ1) is 8.26. The number of furan rings is 1. The fourth-order valence-electron chi connectivity index (χ4n) is 1.23. The summed E-state index contributed by atoms with van der Waals surface area (Å²) in [4.78, 5) is 0. The van der Waals surface area contributed by atoms with Crippen LogP contribution in [-0.2, 0) is 0 Å². The summed E-state index contributed by atoms with van der Waals surface area (Å²) in [5, 5.41) is 10.0. The highest BCUT2D eigenvalue weighted by atomic mass is 19.1. The van der Waals surface area contributed by atoms with E-state index in [0.717, 1.165) is 5.39 Å². The molecule has 1 aromatic carbocycles. The number of halogens is 1. The SMILES string of the molecule is CC(O)c1cc2ccc(F)cc2o1. The molecule has 13 heavy (non-hydrogen) atoms. The van der Waals surface area contributed by atoms with E-state index >= 15 is 0 Å². The van der Waals surface area contributed by atoms with Crippen molar-refractivity contribution in [2.45, 2.75) is 13.0 Å². The van der Waals surface area contributed by atoms with Crippen molar-refractivity contribution in [3.8, 4) is 0 Å². The van der Waals surface area contributed by atoms with Crippen LogP contribution in [0.25, 0.3) is 11.0 Å². The van der Waals surface area contributed by atoms with E-state index in [1.807, 2.05) is 0 Å². The van der Waals surface area contributed by atoms with Crippen LogP contribution >= 0.6 is 0 Å². The van der Waals surface area contributed by atoms with Crippen molar-refractivity contribution in [3.05, 3.63) is 35.8 Å². The van der Waals surface area contributed by atoms with E-state index in [0.29, 0.717) is 11.3 Å². The molecular formula is C10H9FO2. The molecule has 0 fully saturated rings. The second-order valence-corrected chi connectivity index (χ2v) is 3.01. The number of benzene rings is 1. The Kier molecular flexibility index (Phi) is 1.81. The number of rotatable bonds is 1. The van der Waals surface area contributed by atoms with Gasteiger partial charge in [-0.1, -0.05) is 0 Å². The summed E-state index contributed by atoms with van der Waals surface area (Å²) in [5.41, 5.74) is 0.468. The fraction of sp³-hybridized carbons (Fsp3) is 0.200. The lowest BCUT2D eigenvalue weighted by Crippen LogP contribution is -1.85. The van der Waals surface area contributed by atoms with Crippen LogP contribution in [0, 0.1) is 5.82 Å². The molecule has 0 radical (unpaired) electrons. The average Bonchev–Trinajstić information content (AvgIpc) is 2.46. The van der Waals surface area contributed by atoms with Crippen molar-refractivity contribution in [2.75, 3.05) is 0 Å². The first-order valence-electron chi connectivity index (χ1n) is 4.04. The predicted octanol–water partition coefficient (Wildman–Crippen LogP) is 2.63. The Morgan fingerprint density at radius 3 is 2.85 bits per heavy atom. The van der Waals surface area contributed by atoms with Crippen molar-refractivity contribution in [2.24, 2.45) is 0 Å². The summed E-state index contributed by atoms with van der Waals surface area (Å²) >= 11 is 0. The molecule has 2 nitrogen and oxygen atoms in total. The topological polar surface area (TPSA) is 33.4 Å². The normalized spacial score (nSPS) is 13.5. The van der Waals surface area contributed by atoms with E-state index in [1.54, 1.807) is 19.1 Å². The van der Waals surface area contributed by atoms with Gasteiger partial charge in [0.05, 0.1) is 0 Å². The van der Waals surface area contributed by atoms with Gasteiger partial charge in [0.25, 0.3) is 0 Å². The van der Waals surface area contributed by atoms with Gasteiger partial charge in [0.2, 0.25) is 0 Å². The number of aliphatic hydroxyl groups is 1. The van der Waals surface area contributed by atoms with Gasteiger partial charge < -0.3 is 9.52 Å².